The van der Waals surface area contributed by atoms with Crippen molar-refractivity contribution in [2.45, 2.75) is 25.9 Å². The van der Waals surface area contributed by atoms with Crippen molar-refractivity contribution in [3.8, 4) is 5.75 Å². The van der Waals surface area contributed by atoms with E-state index in [1.54, 1.807) is 7.05 Å². The summed E-state index contributed by atoms with van der Waals surface area (Å²) in [6.07, 6.45) is -0.917. The van der Waals surface area contributed by atoms with E-state index in [1.165, 1.54) is 4.90 Å². The molecule has 1 atom stereocenters. The molecule has 0 spiro atoms. The number of urea groups is 1. The Bertz CT molecular complexity index is 559. The minimum Gasteiger partial charge on any atom is -0.491 e. The number of aliphatic hydroxyl groups excluding tert-OH is 1. The lowest BCUT2D eigenvalue weighted by molar-refractivity contribution is -0.126. The van der Waals surface area contributed by atoms with Crippen molar-refractivity contribution in [1.82, 2.24) is 9.80 Å². The average Bonchev–Trinajstić information content (AvgIpc) is 2.72. The molecule has 0 bridgehead atoms. The maximum atomic E-state index is 11.7. The molecule has 1 saturated heterocycles. The summed E-state index contributed by atoms with van der Waals surface area (Å²) < 4.78 is 5.65. The average molecular weight is 306 g/mol. The molecule has 3 amide bonds. The van der Waals surface area contributed by atoms with E-state index in [4.69, 9.17) is 4.74 Å². The molecule has 0 aliphatic carbocycles. The van der Waals surface area contributed by atoms with Crippen molar-refractivity contribution in [2.75, 3.05) is 26.7 Å². The summed E-state index contributed by atoms with van der Waals surface area (Å²) in [5, 5.41) is 10.0. The van der Waals surface area contributed by atoms with Gasteiger partial charge in [0.15, 0.2) is 0 Å². The first-order valence-electron chi connectivity index (χ1n) is 7.35. The lowest BCUT2D eigenvalue weighted by Crippen LogP contribution is -2.40. The predicted molar refractivity (Wildman–Crippen MR) is 81.8 cm³/mol. The van der Waals surface area contributed by atoms with Crippen molar-refractivity contribution < 1.29 is 19.4 Å². The molecule has 0 radical (unpaired) electrons. The summed E-state index contributed by atoms with van der Waals surface area (Å²) in [6.45, 7) is 4.17. The lowest BCUT2D eigenvalue weighted by atomic mass is 10.0. The van der Waals surface area contributed by atoms with Crippen LogP contribution in [0.3, 0.4) is 0 Å². The zero-order valence-corrected chi connectivity index (χ0v) is 13.2. The summed E-state index contributed by atoms with van der Waals surface area (Å²) in [5.41, 5.74) is 1.06. The van der Waals surface area contributed by atoms with E-state index < -0.39 is 6.10 Å². The van der Waals surface area contributed by atoms with Crippen LogP contribution in [0.15, 0.2) is 24.3 Å². The molecule has 1 aromatic rings. The highest BCUT2D eigenvalue weighted by Gasteiger charge is 2.34. The summed E-state index contributed by atoms with van der Waals surface area (Å²) in [5.74, 6) is 0.727. The topological polar surface area (TPSA) is 70.1 Å². The smallest absolute Gasteiger partial charge is 0.327 e. The van der Waals surface area contributed by atoms with Crippen LogP contribution in [0.2, 0.25) is 0 Å². The minimum atomic E-state index is -0.917. The maximum absolute atomic E-state index is 11.7. The quantitative estimate of drug-likeness (QED) is 0.808. The van der Waals surface area contributed by atoms with E-state index in [0.717, 1.165) is 10.5 Å². The second kappa shape index (κ2) is 6.79. The van der Waals surface area contributed by atoms with E-state index in [0.29, 0.717) is 11.7 Å². The van der Waals surface area contributed by atoms with Crippen LogP contribution in [0.5, 0.6) is 5.75 Å². The van der Waals surface area contributed by atoms with Gasteiger partial charge in [0.1, 0.15) is 25.0 Å². The number of imide groups is 1. The Morgan fingerprint density at radius 2 is 1.95 bits per heavy atom. The number of aliphatic hydroxyl groups is 1. The number of hydrogen-bond donors (Lipinski definition) is 1. The first-order valence-corrected chi connectivity index (χ1v) is 7.35. The van der Waals surface area contributed by atoms with Gasteiger partial charge in [0.25, 0.3) is 0 Å². The molecule has 1 heterocycles. The molecule has 6 nitrogen and oxygen atoms in total. The number of amides is 3. The molecule has 2 rings (SSSR count). The van der Waals surface area contributed by atoms with Gasteiger partial charge in [-0.3, -0.25) is 9.69 Å². The summed E-state index contributed by atoms with van der Waals surface area (Å²) in [7, 11) is 1.56. The largest absolute Gasteiger partial charge is 0.491 e. The number of carbonyl (C=O) groups excluding carboxylic acids is 2. The third-order valence-electron chi connectivity index (χ3n) is 3.60. The van der Waals surface area contributed by atoms with Crippen LogP contribution in [0.1, 0.15) is 25.3 Å². The van der Waals surface area contributed by atoms with Crippen molar-refractivity contribution >= 4 is 11.9 Å². The summed E-state index contributed by atoms with van der Waals surface area (Å²) in [6, 6.07) is 7.26. The highest BCUT2D eigenvalue weighted by Crippen LogP contribution is 2.25. The maximum Gasteiger partial charge on any atom is 0.327 e. The molecule has 1 unspecified atom stereocenters. The molecule has 1 fully saturated rings. The molecular weight excluding hydrogens is 284 g/mol. The number of carbonyl (C=O) groups is 2. The summed E-state index contributed by atoms with van der Waals surface area (Å²) >= 11 is 0. The molecule has 1 aromatic carbocycles. The zero-order valence-electron chi connectivity index (χ0n) is 13.2. The van der Waals surface area contributed by atoms with Gasteiger partial charge in [-0.25, -0.2) is 4.79 Å². The zero-order chi connectivity index (χ0) is 16.3. The monoisotopic (exact) mass is 306 g/mol. The van der Waals surface area contributed by atoms with E-state index >= 15 is 0 Å². The van der Waals surface area contributed by atoms with Crippen molar-refractivity contribution in [3.63, 3.8) is 0 Å². The van der Waals surface area contributed by atoms with E-state index in [1.807, 2.05) is 24.3 Å². The predicted octanol–water partition coefficient (Wildman–Crippen LogP) is 1.44. The van der Waals surface area contributed by atoms with Crippen LogP contribution in [0.4, 0.5) is 4.79 Å². The van der Waals surface area contributed by atoms with Crippen LogP contribution in [0.25, 0.3) is 0 Å². The van der Waals surface area contributed by atoms with Gasteiger partial charge in [-0.05, 0) is 17.5 Å². The molecule has 1 aliphatic rings. The summed E-state index contributed by atoms with van der Waals surface area (Å²) in [4.78, 5) is 25.8. The lowest BCUT2D eigenvalue weighted by Gasteiger charge is -2.20. The first kappa shape index (κ1) is 16.3. The van der Waals surface area contributed by atoms with Crippen molar-refractivity contribution in [1.29, 1.82) is 0 Å². The van der Waals surface area contributed by atoms with E-state index in [2.05, 4.69) is 13.8 Å². The molecule has 1 N–H and O–H groups in total. The number of likely N-dealkylation sites (N-methyl/N-ethyl adjacent to an activating group) is 1. The van der Waals surface area contributed by atoms with Crippen molar-refractivity contribution in [3.05, 3.63) is 29.8 Å². The molecule has 6 heteroatoms. The molecule has 0 aromatic heterocycles. The molecule has 0 saturated carbocycles. The number of benzene rings is 1. The fourth-order valence-corrected chi connectivity index (χ4v) is 2.39. The Labute approximate surface area is 130 Å². The van der Waals surface area contributed by atoms with Gasteiger partial charge >= 0.3 is 6.03 Å². The Morgan fingerprint density at radius 1 is 1.27 bits per heavy atom. The van der Waals surface area contributed by atoms with Crippen LogP contribution in [-0.2, 0) is 4.79 Å². The molecular formula is C16H22N2O4. The Morgan fingerprint density at radius 3 is 2.55 bits per heavy atom. The Balaban J connectivity index is 1.92. The van der Waals surface area contributed by atoms with Crippen molar-refractivity contribution in [2.24, 2.45) is 0 Å². The van der Waals surface area contributed by atoms with Crippen LogP contribution in [0, 0.1) is 0 Å². The van der Waals surface area contributed by atoms with Gasteiger partial charge in [0.2, 0.25) is 5.91 Å². The van der Waals surface area contributed by atoms with E-state index in [9.17, 15) is 14.7 Å². The molecule has 22 heavy (non-hydrogen) atoms. The molecule has 120 valence electrons. The van der Waals surface area contributed by atoms with Gasteiger partial charge in [0, 0.05) is 7.05 Å². The molecule has 1 aliphatic heterocycles. The van der Waals surface area contributed by atoms with Gasteiger partial charge < -0.3 is 14.7 Å². The highest BCUT2D eigenvalue weighted by atomic mass is 16.5. The SMILES string of the molecule is CC(C)c1ccccc1OCC(O)CN1C(=O)CN(C)C1=O. The second-order valence-corrected chi connectivity index (χ2v) is 5.80. The first-order chi connectivity index (χ1) is 10.4. The highest BCUT2D eigenvalue weighted by molar-refractivity contribution is 6.01. The van der Waals surface area contributed by atoms with Gasteiger partial charge in [-0.15, -0.1) is 0 Å². The number of hydrogen-bond acceptors (Lipinski definition) is 4. The number of rotatable bonds is 6. The number of ether oxygens (including phenoxy) is 1. The minimum absolute atomic E-state index is 0.0322. The van der Waals surface area contributed by atoms with Gasteiger partial charge in [-0.1, -0.05) is 32.0 Å². The van der Waals surface area contributed by atoms with Gasteiger partial charge in [-0.2, -0.15) is 0 Å². The number of β-amino-alcohol motifs (C(OH)–C–C–N with tert-alkyl or cyclic N) is 1. The Hall–Kier alpha value is -2.08. The fraction of sp³-hybridized carbons (Fsp3) is 0.500. The third kappa shape index (κ3) is 3.57. The fourth-order valence-electron chi connectivity index (χ4n) is 2.39. The standard InChI is InChI=1S/C16H22N2O4/c1-11(2)13-6-4-5-7-14(13)22-10-12(19)8-18-15(20)9-17(3)16(18)21/h4-7,11-12,19H,8-10H2,1-3H3. The number of para-hydroxylation sites is 1. The van der Waals surface area contributed by atoms with Gasteiger partial charge in [0.05, 0.1) is 6.54 Å². The van der Waals surface area contributed by atoms with Crippen LogP contribution in [-0.4, -0.2) is 59.7 Å². The normalized spacial score (nSPS) is 16.6. The second-order valence-electron chi connectivity index (χ2n) is 5.80. The Kier molecular flexibility index (Phi) is 5.03. The van der Waals surface area contributed by atoms with Crippen LogP contribution >= 0.6 is 0 Å². The third-order valence-corrected chi connectivity index (χ3v) is 3.60. The number of nitrogens with zero attached hydrogens (tertiary/aromatic N) is 2. The van der Waals surface area contributed by atoms with E-state index in [-0.39, 0.29) is 31.6 Å². The van der Waals surface area contributed by atoms with Crippen LogP contribution < -0.4 is 4.74 Å².